The van der Waals surface area contributed by atoms with Crippen molar-refractivity contribution in [3.8, 4) is 0 Å². The molecule has 0 bridgehead atoms. The van der Waals surface area contributed by atoms with Gasteiger partial charge in [-0.25, -0.2) is 5.43 Å². The first-order chi connectivity index (χ1) is 8.37. The number of carbonyl (C=O) groups excluding carboxylic acids is 1. The molecule has 0 heterocycles. The Bertz CT molecular complexity index is 393. The van der Waals surface area contributed by atoms with Crippen LogP contribution in [0.1, 0.15) is 38.8 Å². The third-order valence-corrected chi connectivity index (χ3v) is 3.13. The molecule has 1 amide bonds. The van der Waals surface area contributed by atoms with Gasteiger partial charge in [-0.2, -0.15) is 0 Å². The zero-order valence-corrected chi connectivity index (χ0v) is 12.0. The number of amides is 1. The molecule has 1 aromatic rings. The fourth-order valence-corrected chi connectivity index (χ4v) is 1.93. The van der Waals surface area contributed by atoms with Crippen molar-refractivity contribution in [3.63, 3.8) is 0 Å². The molecule has 0 radical (unpaired) electrons. The summed E-state index contributed by atoms with van der Waals surface area (Å²) in [5.41, 5.74) is 7.14. The van der Waals surface area contributed by atoms with Crippen LogP contribution in [-0.2, 0) is 16.6 Å². The first-order valence-corrected chi connectivity index (χ1v) is 6.44. The molecule has 3 nitrogen and oxygen atoms in total. The van der Waals surface area contributed by atoms with E-state index in [0.29, 0.717) is 5.92 Å². The highest BCUT2D eigenvalue weighted by Gasteiger charge is 2.29. The van der Waals surface area contributed by atoms with Gasteiger partial charge in [-0.3, -0.25) is 10.2 Å². The number of hydrogen-bond donors (Lipinski definition) is 2. The summed E-state index contributed by atoms with van der Waals surface area (Å²) in [6, 6.07) is 8.33. The topological polar surface area (TPSA) is 41.1 Å². The van der Waals surface area contributed by atoms with Crippen molar-refractivity contribution in [1.82, 2.24) is 10.9 Å². The first kappa shape index (κ1) is 14.7. The maximum atomic E-state index is 12.0. The minimum Gasteiger partial charge on any atom is -0.291 e. The van der Waals surface area contributed by atoms with Gasteiger partial charge in [0.25, 0.3) is 0 Å². The van der Waals surface area contributed by atoms with Crippen LogP contribution in [0.15, 0.2) is 24.3 Å². The second-order valence-electron chi connectivity index (χ2n) is 5.62. The van der Waals surface area contributed by atoms with Crippen molar-refractivity contribution in [3.05, 3.63) is 35.4 Å². The fourth-order valence-electron chi connectivity index (χ4n) is 1.93. The van der Waals surface area contributed by atoms with Crippen molar-refractivity contribution in [1.29, 1.82) is 0 Å². The summed E-state index contributed by atoms with van der Waals surface area (Å²) in [4.78, 5) is 12.0. The van der Waals surface area contributed by atoms with Crippen LogP contribution < -0.4 is 10.9 Å². The lowest BCUT2D eigenvalue weighted by Gasteiger charge is -2.24. The van der Waals surface area contributed by atoms with E-state index in [1.54, 1.807) is 7.05 Å². The van der Waals surface area contributed by atoms with E-state index in [4.69, 9.17) is 0 Å². The van der Waals surface area contributed by atoms with Gasteiger partial charge >= 0.3 is 0 Å². The van der Waals surface area contributed by atoms with E-state index in [1.165, 1.54) is 5.56 Å². The second-order valence-corrected chi connectivity index (χ2v) is 5.62. The quantitative estimate of drug-likeness (QED) is 0.786. The summed E-state index contributed by atoms with van der Waals surface area (Å²) >= 11 is 0. The standard InChI is InChI=1S/C15H24N2O/c1-11(2)10-12-6-8-13(9-7-12)15(3,4)14(18)17-16-5/h6-9,11,16H,10H2,1-5H3,(H,17,18). The Kier molecular flexibility index (Phi) is 4.91. The Morgan fingerprint density at radius 1 is 1.22 bits per heavy atom. The second kappa shape index (κ2) is 6.01. The molecule has 0 saturated heterocycles. The minimum atomic E-state index is -0.528. The Morgan fingerprint density at radius 3 is 2.22 bits per heavy atom. The highest BCUT2D eigenvalue weighted by molar-refractivity contribution is 5.86. The molecule has 0 saturated carbocycles. The molecule has 2 N–H and O–H groups in total. The number of benzene rings is 1. The molecule has 0 aromatic heterocycles. The number of hydrogen-bond acceptors (Lipinski definition) is 2. The highest BCUT2D eigenvalue weighted by Crippen LogP contribution is 2.24. The number of hydrazine groups is 1. The van der Waals surface area contributed by atoms with Crippen molar-refractivity contribution in [2.75, 3.05) is 7.05 Å². The van der Waals surface area contributed by atoms with Gasteiger partial charge < -0.3 is 0 Å². The summed E-state index contributed by atoms with van der Waals surface area (Å²) in [5.74, 6) is 0.623. The van der Waals surface area contributed by atoms with E-state index in [1.807, 2.05) is 26.0 Å². The predicted molar refractivity (Wildman–Crippen MR) is 75.2 cm³/mol. The maximum Gasteiger partial charge on any atom is 0.244 e. The number of nitrogens with one attached hydrogen (secondary N) is 2. The summed E-state index contributed by atoms with van der Waals surface area (Å²) in [6.45, 7) is 8.27. The normalized spacial score (nSPS) is 11.7. The lowest BCUT2D eigenvalue weighted by atomic mass is 9.83. The molecule has 0 aliphatic rings. The van der Waals surface area contributed by atoms with Crippen molar-refractivity contribution < 1.29 is 4.79 Å². The SMILES string of the molecule is CNNC(=O)C(C)(C)c1ccc(CC(C)C)cc1. The molecule has 0 spiro atoms. The molecule has 0 atom stereocenters. The zero-order valence-electron chi connectivity index (χ0n) is 12.0. The van der Waals surface area contributed by atoms with Crippen LogP contribution in [-0.4, -0.2) is 13.0 Å². The number of rotatable bonds is 5. The third kappa shape index (κ3) is 3.57. The van der Waals surface area contributed by atoms with Crippen molar-refractivity contribution in [2.45, 2.75) is 39.5 Å². The monoisotopic (exact) mass is 248 g/mol. The summed E-state index contributed by atoms with van der Waals surface area (Å²) < 4.78 is 0. The van der Waals surface area contributed by atoms with Crippen LogP contribution in [0, 0.1) is 5.92 Å². The lowest BCUT2D eigenvalue weighted by molar-refractivity contribution is -0.126. The molecule has 1 rings (SSSR count). The smallest absolute Gasteiger partial charge is 0.244 e. The molecule has 0 unspecified atom stereocenters. The van der Waals surface area contributed by atoms with Gasteiger partial charge in [0.05, 0.1) is 5.41 Å². The molecular formula is C15H24N2O. The molecule has 18 heavy (non-hydrogen) atoms. The molecule has 0 aliphatic heterocycles. The molecule has 100 valence electrons. The van der Waals surface area contributed by atoms with E-state index in [9.17, 15) is 4.79 Å². The van der Waals surface area contributed by atoms with Crippen LogP contribution in [0.3, 0.4) is 0 Å². The van der Waals surface area contributed by atoms with Crippen LogP contribution >= 0.6 is 0 Å². The molecular weight excluding hydrogens is 224 g/mol. The Hall–Kier alpha value is -1.35. The Labute approximate surface area is 110 Å². The van der Waals surface area contributed by atoms with Gasteiger partial charge in [-0.1, -0.05) is 38.1 Å². The predicted octanol–water partition coefficient (Wildman–Crippen LogP) is 2.41. The summed E-state index contributed by atoms with van der Waals surface area (Å²) in [6.07, 6.45) is 1.07. The van der Waals surface area contributed by atoms with E-state index in [2.05, 4.69) is 36.8 Å². The van der Waals surface area contributed by atoms with E-state index in [0.717, 1.165) is 12.0 Å². The molecule has 3 heteroatoms. The average molecular weight is 248 g/mol. The fraction of sp³-hybridized carbons (Fsp3) is 0.533. The Morgan fingerprint density at radius 2 is 1.78 bits per heavy atom. The van der Waals surface area contributed by atoms with Gasteiger partial charge in [0.1, 0.15) is 0 Å². The molecule has 0 aliphatic carbocycles. The van der Waals surface area contributed by atoms with Gasteiger partial charge in [-0.15, -0.1) is 0 Å². The van der Waals surface area contributed by atoms with Crippen LogP contribution in [0.5, 0.6) is 0 Å². The third-order valence-electron chi connectivity index (χ3n) is 3.13. The van der Waals surface area contributed by atoms with Gasteiger partial charge in [0.15, 0.2) is 0 Å². The zero-order chi connectivity index (χ0) is 13.8. The van der Waals surface area contributed by atoms with Gasteiger partial charge in [-0.05, 0) is 37.3 Å². The van der Waals surface area contributed by atoms with E-state index in [-0.39, 0.29) is 5.91 Å². The summed E-state index contributed by atoms with van der Waals surface area (Å²) in [5, 5.41) is 0. The first-order valence-electron chi connectivity index (χ1n) is 6.44. The van der Waals surface area contributed by atoms with Crippen LogP contribution in [0.4, 0.5) is 0 Å². The molecule has 1 aromatic carbocycles. The van der Waals surface area contributed by atoms with Crippen molar-refractivity contribution in [2.24, 2.45) is 5.92 Å². The highest BCUT2D eigenvalue weighted by atomic mass is 16.2. The minimum absolute atomic E-state index is 0.0263. The van der Waals surface area contributed by atoms with Crippen LogP contribution in [0.25, 0.3) is 0 Å². The molecule has 0 fully saturated rings. The lowest BCUT2D eigenvalue weighted by Crippen LogP contribution is -2.45. The largest absolute Gasteiger partial charge is 0.291 e. The van der Waals surface area contributed by atoms with E-state index < -0.39 is 5.41 Å². The maximum absolute atomic E-state index is 12.0. The summed E-state index contributed by atoms with van der Waals surface area (Å²) in [7, 11) is 1.69. The van der Waals surface area contributed by atoms with E-state index >= 15 is 0 Å². The van der Waals surface area contributed by atoms with Gasteiger partial charge in [0.2, 0.25) is 5.91 Å². The van der Waals surface area contributed by atoms with Crippen molar-refractivity contribution >= 4 is 5.91 Å². The number of carbonyl (C=O) groups is 1. The van der Waals surface area contributed by atoms with Gasteiger partial charge in [0, 0.05) is 7.05 Å². The Balaban J connectivity index is 2.86. The average Bonchev–Trinajstić information content (AvgIpc) is 2.29. The van der Waals surface area contributed by atoms with Crippen LogP contribution in [0.2, 0.25) is 0 Å².